The molecule has 2 aromatic rings. The van der Waals surface area contributed by atoms with Crippen molar-refractivity contribution in [2.24, 2.45) is 5.41 Å². The van der Waals surface area contributed by atoms with Crippen molar-refractivity contribution in [3.8, 4) is 10.4 Å². The number of nitrogens with one attached hydrogen (secondary N) is 1. The molecule has 1 unspecified atom stereocenters. The molecule has 3 saturated heterocycles. The Morgan fingerprint density at radius 3 is 2.44 bits per heavy atom. The van der Waals surface area contributed by atoms with Crippen molar-refractivity contribution in [2.75, 3.05) is 43.0 Å². The first kappa shape index (κ1) is 28.0. The van der Waals surface area contributed by atoms with Gasteiger partial charge in [-0.3, -0.25) is 9.59 Å². The molecule has 1 N–H and O–H groups in total. The largest absolute Gasteiger partial charge is 0.417 e. The van der Waals surface area contributed by atoms with Crippen LogP contribution in [0.15, 0.2) is 12.3 Å². The molecule has 1 spiro atoms. The Labute approximate surface area is 228 Å². The first-order valence-corrected chi connectivity index (χ1v) is 14.3. The highest BCUT2D eigenvalue weighted by Gasteiger charge is 2.50. The summed E-state index contributed by atoms with van der Waals surface area (Å²) in [4.78, 5) is 37.8. The molecule has 39 heavy (non-hydrogen) atoms. The zero-order valence-electron chi connectivity index (χ0n) is 20.8. The van der Waals surface area contributed by atoms with E-state index in [1.807, 2.05) is 12.2 Å². The number of likely N-dealkylation sites (tertiary alicyclic amines) is 2. The quantitative estimate of drug-likeness (QED) is 0.468. The lowest BCUT2D eigenvalue weighted by Gasteiger charge is -2.54. The van der Waals surface area contributed by atoms with Crippen LogP contribution in [0.4, 0.5) is 32.2 Å². The number of anilines is 1. The fraction of sp³-hybridized carbons (Fsp3) is 0.583. The summed E-state index contributed by atoms with van der Waals surface area (Å²) in [7, 11) is 0. The Kier molecular flexibility index (Phi) is 7.27. The summed E-state index contributed by atoms with van der Waals surface area (Å²) in [6.45, 7) is 1.72. The minimum absolute atomic E-state index is 0.0783. The van der Waals surface area contributed by atoms with E-state index >= 15 is 0 Å². The van der Waals surface area contributed by atoms with Crippen molar-refractivity contribution in [3.05, 3.63) is 28.5 Å². The summed E-state index contributed by atoms with van der Waals surface area (Å²) >= 11 is 2.46. The summed E-state index contributed by atoms with van der Waals surface area (Å²) in [5, 5.41) is 1.75. The predicted molar refractivity (Wildman–Crippen MR) is 135 cm³/mol. The minimum atomic E-state index is -4.98. The van der Waals surface area contributed by atoms with Crippen LogP contribution >= 0.6 is 23.1 Å². The maximum atomic E-state index is 14.2. The van der Waals surface area contributed by atoms with Gasteiger partial charge in [0.05, 0.1) is 10.4 Å². The van der Waals surface area contributed by atoms with E-state index in [9.17, 15) is 35.9 Å². The Hall–Kier alpha value is -2.55. The van der Waals surface area contributed by atoms with E-state index in [1.54, 1.807) is 21.6 Å². The van der Waals surface area contributed by atoms with Crippen molar-refractivity contribution in [1.82, 2.24) is 19.8 Å². The number of alkyl halides is 6. The molecule has 1 atom stereocenters. The van der Waals surface area contributed by atoms with Gasteiger partial charge in [-0.2, -0.15) is 38.1 Å². The highest BCUT2D eigenvalue weighted by Crippen LogP contribution is 2.47. The molecular weight excluding hydrogens is 568 g/mol. The zero-order valence-corrected chi connectivity index (χ0v) is 22.4. The van der Waals surface area contributed by atoms with Crippen LogP contribution in [0, 0.1) is 5.41 Å². The number of aromatic nitrogens is 2. The van der Waals surface area contributed by atoms with Gasteiger partial charge in [0.15, 0.2) is 5.01 Å². The molecule has 7 nitrogen and oxygen atoms in total. The molecule has 2 aromatic heterocycles. The van der Waals surface area contributed by atoms with Crippen LogP contribution in [-0.4, -0.2) is 81.5 Å². The number of carbonyl (C=O) groups excluding carboxylic acids is 2. The predicted octanol–water partition coefficient (Wildman–Crippen LogP) is 5.40. The molecule has 3 aliphatic rings. The molecule has 2 amide bonds. The first-order chi connectivity index (χ1) is 18.3. The number of hydrogen-bond acceptors (Lipinski definition) is 7. The number of carbonyl (C=O) groups is 2. The van der Waals surface area contributed by atoms with Crippen LogP contribution in [-0.2, 0) is 6.18 Å². The third kappa shape index (κ3) is 5.70. The second-order valence-electron chi connectivity index (χ2n) is 10.3. The third-order valence-electron chi connectivity index (χ3n) is 7.16. The summed E-state index contributed by atoms with van der Waals surface area (Å²) in [6, 6.07) is 0.313. The van der Waals surface area contributed by atoms with Crippen LogP contribution in [0.25, 0.3) is 10.4 Å². The molecule has 5 rings (SSSR count). The first-order valence-electron chi connectivity index (χ1n) is 12.3. The number of piperidine rings is 1. The highest BCUT2D eigenvalue weighted by atomic mass is 32.2. The molecule has 0 aliphatic carbocycles. The summed E-state index contributed by atoms with van der Waals surface area (Å²) in [6.07, 6.45) is -6.51. The number of thioether (sulfide) groups is 1. The molecule has 0 bridgehead atoms. The average molecular weight is 594 g/mol. The van der Waals surface area contributed by atoms with E-state index in [-0.39, 0.29) is 27.0 Å². The van der Waals surface area contributed by atoms with Gasteiger partial charge in [-0.1, -0.05) is 0 Å². The molecule has 15 heteroatoms. The lowest BCUT2D eigenvalue weighted by molar-refractivity contribution is -0.137. The highest BCUT2D eigenvalue weighted by molar-refractivity contribution is 8.00. The number of halogens is 6. The summed E-state index contributed by atoms with van der Waals surface area (Å²) < 4.78 is 80.4. The zero-order chi connectivity index (χ0) is 28.2. The number of amides is 2. The molecule has 0 saturated carbocycles. The van der Waals surface area contributed by atoms with Gasteiger partial charge in [0, 0.05) is 54.4 Å². The van der Waals surface area contributed by atoms with Gasteiger partial charge in [0.2, 0.25) is 0 Å². The van der Waals surface area contributed by atoms with Gasteiger partial charge in [-0.15, -0.1) is 11.3 Å². The number of pyridine rings is 1. The normalized spacial score (nSPS) is 20.9. The summed E-state index contributed by atoms with van der Waals surface area (Å²) in [5.41, 5.74) is -2.00. The fourth-order valence-electron chi connectivity index (χ4n) is 5.05. The maximum absolute atomic E-state index is 14.2. The van der Waals surface area contributed by atoms with E-state index in [0.29, 0.717) is 37.0 Å². The van der Waals surface area contributed by atoms with E-state index in [1.165, 1.54) is 0 Å². The van der Waals surface area contributed by atoms with Crippen molar-refractivity contribution < 1.29 is 35.9 Å². The topological polar surface area (TPSA) is 78.4 Å². The minimum Gasteiger partial charge on any atom is -0.361 e. The number of hydrogen-bond donors (Lipinski definition) is 1. The lowest BCUT2D eigenvalue weighted by atomic mass is 9.83. The Bertz CT molecular complexity index is 1270. The SMILES string of the molecule is CC1CCCCN1C(=O)c1nc(C(=O)N2CC3(CSC3)C2)sc1-c1cnc(NCC(F)(F)F)cc1C(F)(F)F. The van der Waals surface area contributed by atoms with E-state index in [0.717, 1.165) is 37.0 Å². The molecule has 5 heterocycles. The average Bonchev–Trinajstić information content (AvgIpc) is 3.25. The molecule has 3 aliphatic heterocycles. The second-order valence-corrected chi connectivity index (χ2v) is 12.3. The standard InChI is InChI=1S/C24H25F6N5O2S2/c1-13-4-2-3-5-35(13)20(36)17-18(39-19(33-17)21(37)34-9-22(10-34)11-38-12-22)14-7-31-16(32-8-23(25,26)27)6-15(14)24(28,29)30/h6-7,13H,2-5,8-12H2,1H3,(H,31,32). The molecule has 0 aromatic carbocycles. The van der Waals surface area contributed by atoms with Gasteiger partial charge in [0.25, 0.3) is 11.8 Å². The smallest absolute Gasteiger partial charge is 0.361 e. The van der Waals surface area contributed by atoms with Crippen molar-refractivity contribution in [2.45, 2.75) is 44.6 Å². The maximum Gasteiger partial charge on any atom is 0.417 e. The van der Waals surface area contributed by atoms with Crippen LogP contribution < -0.4 is 5.32 Å². The van der Waals surface area contributed by atoms with Crippen LogP contribution in [0.3, 0.4) is 0 Å². The van der Waals surface area contributed by atoms with E-state index in [2.05, 4.69) is 9.97 Å². The second kappa shape index (κ2) is 10.1. The number of nitrogens with zero attached hydrogens (tertiary/aromatic N) is 4. The van der Waals surface area contributed by atoms with Gasteiger partial charge in [-0.25, -0.2) is 9.97 Å². The Balaban J connectivity index is 1.54. The van der Waals surface area contributed by atoms with Crippen molar-refractivity contribution in [3.63, 3.8) is 0 Å². The molecule has 3 fully saturated rings. The molecule has 212 valence electrons. The monoisotopic (exact) mass is 593 g/mol. The van der Waals surface area contributed by atoms with Gasteiger partial charge in [0.1, 0.15) is 18.1 Å². The van der Waals surface area contributed by atoms with E-state index in [4.69, 9.17) is 0 Å². The third-order valence-corrected chi connectivity index (χ3v) is 9.87. The van der Waals surface area contributed by atoms with E-state index < -0.39 is 47.7 Å². The van der Waals surface area contributed by atoms with Crippen LogP contribution in [0.1, 0.15) is 52.0 Å². The number of thiazole rings is 1. The van der Waals surface area contributed by atoms with Gasteiger partial charge in [-0.05, 0) is 32.3 Å². The molecule has 0 radical (unpaired) electrons. The van der Waals surface area contributed by atoms with Gasteiger partial charge >= 0.3 is 12.4 Å². The van der Waals surface area contributed by atoms with Gasteiger partial charge < -0.3 is 15.1 Å². The van der Waals surface area contributed by atoms with Crippen molar-refractivity contribution >= 4 is 40.7 Å². The number of rotatable bonds is 5. The van der Waals surface area contributed by atoms with Crippen LogP contribution in [0.5, 0.6) is 0 Å². The molecular formula is C24H25F6N5O2S2. The Morgan fingerprint density at radius 1 is 1.13 bits per heavy atom. The lowest BCUT2D eigenvalue weighted by Crippen LogP contribution is -2.64. The van der Waals surface area contributed by atoms with Crippen LogP contribution in [0.2, 0.25) is 0 Å². The fourth-order valence-corrected chi connectivity index (χ4v) is 7.24. The van der Waals surface area contributed by atoms with Crippen molar-refractivity contribution in [1.29, 1.82) is 0 Å². The summed E-state index contributed by atoms with van der Waals surface area (Å²) in [5.74, 6) is 0.207. The Morgan fingerprint density at radius 2 is 1.85 bits per heavy atom.